The highest BCUT2D eigenvalue weighted by Gasteiger charge is 2.14. The van der Waals surface area contributed by atoms with Crippen LogP contribution in [0.1, 0.15) is 19.8 Å². The lowest BCUT2D eigenvalue weighted by atomic mass is 10.3. The summed E-state index contributed by atoms with van der Waals surface area (Å²) >= 11 is 0. The van der Waals surface area contributed by atoms with Crippen LogP contribution in [0.4, 0.5) is 22.9 Å². The van der Waals surface area contributed by atoms with Gasteiger partial charge in [-0.25, -0.2) is 13.4 Å². The number of pyridine rings is 1. The van der Waals surface area contributed by atoms with Gasteiger partial charge in [-0.2, -0.15) is 0 Å². The van der Waals surface area contributed by atoms with E-state index in [0.29, 0.717) is 17.8 Å². The minimum atomic E-state index is -3.36. The lowest BCUT2D eigenvalue weighted by Crippen LogP contribution is -2.16. The molecule has 2 aromatic rings. The van der Waals surface area contributed by atoms with Gasteiger partial charge < -0.3 is 5.32 Å². The summed E-state index contributed by atoms with van der Waals surface area (Å²) < 4.78 is 26.2. The van der Waals surface area contributed by atoms with Crippen molar-refractivity contribution < 1.29 is 13.3 Å². The normalized spacial score (nSPS) is 11.0. The topological polar surface area (TPSA) is 114 Å². The summed E-state index contributed by atoms with van der Waals surface area (Å²) in [5.74, 6) is 0.197. The van der Waals surface area contributed by atoms with Crippen molar-refractivity contribution in [2.45, 2.75) is 19.8 Å². The van der Waals surface area contributed by atoms with E-state index >= 15 is 0 Å². The largest absolute Gasteiger partial charge is 0.334 e. The van der Waals surface area contributed by atoms with Gasteiger partial charge in [-0.05, 0) is 36.8 Å². The van der Waals surface area contributed by atoms with E-state index in [2.05, 4.69) is 15.0 Å². The molecule has 0 saturated heterocycles. The molecule has 0 bridgehead atoms. The van der Waals surface area contributed by atoms with Crippen molar-refractivity contribution in [2.75, 3.05) is 15.8 Å². The van der Waals surface area contributed by atoms with E-state index in [0.717, 1.165) is 6.42 Å². The Balaban J connectivity index is 2.09. The number of anilines is 3. The summed E-state index contributed by atoms with van der Waals surface area (Å²) in [7, 11) is -3.36. The number of sulfonamides is 1. The molecule has 24 heavy (non-hydrogen) atoms. The number of nitro groups is 1. The second kappa shape index (κ2) is 7.73. The molecule has 0 spiro atoms. The Morgan fingerprint density at radius 1 is 1.17 bits per heavy atom. The Morgan fingerprint density at radius 2 is 1.83 bits per heavy atom. The quantitative estimate of drug-likeness (QED) is 0.558. The van der Waals surface area contributed by atoms with Gasteiger partial charge in [0, 0.05) is 23.6 Å². The SMILES string of the molecule is CCCCS(=O)(=O)Nc1ccc(Nc2ncccc2[N+](=O)[O-])cc1. The van der Waals surface area contributed by atoms with E-state index < -0.39 is 14.9 Å². The smallest absolute Gasteiger partial charge is 0.311 e. The second-order valence-electron chi connectivity index (χ2n) is 5.11. The number of hydrogen-bond acceptors (Lipinski definition) is 6. The Labute approximate surface area is 140 Å². The average Bonchev–Trinajstić information content (AvgIpc) is 2.55. The maximum absolute atomic E-state index is 11.8. The molecule has 0 radical (unpaired) electrons. The minimum absolute atomic E-state index is 0.0730. The number of unbranched alkanes of at least 4 members (excludes halogenated alkanes) is 1. The van der Waals surface area contributed by atoms with Gasteiger partial charge in [-0.1, -0.05) is 13.3 Å². The van der Waals surface area contributed by atoms with Crippen LogP contribution in [0.15, 0.2) is 42.6 Å². The zero-order valence-corrected chi connectivity index (χ0v) is 13.9. The summed E-state index contributed by atoms with van der Waals surface area (Å²) in [6.07, 6.45) is 2.84. The zero-order valence-electron chi connectivity index (χ0n) is 13.1. The molecular weight excluding hydrogens is 332 g/mol. The molecule has 1 heterocycles. The Bertz CT molecular complexity index is 806. The van der Waals surface area contributed by atoms with Gasteiger partial charge in [-0.3, -0.25) is 14.8 Å². The van der Waals surface area contributed by atoms with Crippen molar-refractivity contribution in [3.8, 4) is 0 Å². The first-order valence-corrected chi connectivity index (χ1v) is 9.03. The maximum atomic E-state index is 11.8. The van der Waals surface area contributed by atoms with Crippen LogP contribution in [-0.2, 0) is 10.0 Å². The van der Waals surface area contributed by atoms with Crippen LogP contribution in [0, 0.1) is 10.1 Å². The van der Waals surface area contributed by atoms with Gasteiger partial charge in [0.15, 0.2) is 0 Å². The van der Waals surface area contributed by atoms with Crippen molar-refractivity contribution in [3.63, 3.8) is 0 Å². The number of nitrogens with zero attached hydrogens (tertiary/aromatic N) is 2. The fraction of sp³-hybridized carbons (Fsp3) is 0.267. The molecule has 1 aromatic carbocycles. The van der Waals surface area contributed by atoms with E-state index in [9.17, 15) is 18.5 Å². The molecule has 0 aliphatic carbocycles. The first-order chi connectivity index (χ1) is 11.4. The lowest BCUT2D eigenvalue weighted by Gasteiger charge is -2.09. The molecule has 0 fully saturated rings. The van der Waals surface area contributed by atoms with Crippen molar-refractivity contribution in [1.82, 2.24) is 4.98 Å². The molecule has 0 aliphatic heterocycles. The molecule has 9 heteroatoms. The molecule has 0 aliphatic rings. The second-order valence-corrected chi connectivity index (χ2v) is 6.95. The molecular formula is C15H18N4O4S. The first-order valence-electron chi connectivity index (χ1n) is 7.38. The van der Waals surface area contributed by atoms with E-state index in [1.807, 2.05) is 6.92 Å². The predicted octanol–water partition coefficient (Wildman–Crippen LogP) is 3.28. The van der Waals surface area contributed by atoms with Crippen LogP contribution in [0.2, 0.25) is 0 Å². The average molecular weight is 350 g/mol. The third-order valence-corrected chi connectivity index (χ3v) is 4.54. The highest BCUT2D eigenvalue weighted by Crippen LogP contribution is 2.25. The fourth-order valence-electron chi connectivity index (χ4n) is 1.96. The van der Waals surface area contributed by atoms with Gasteiger partial charge in [0.1, 0.15) is 0 Å². The summed E-state index contributed by atoms with van der Waals surface area (Å²) in [4.78, 5) is 14.4. The molecule has 0 unspecified atom stereocenters. The van der Waals surface area contributed by atoms with Gasteiger partial charge in [0.2, 0.25) is 15.8 Å². The highest BCUT2D eigenvalue weighted by atomic mass is 32.2. The summed E-state index contributed by atoms with van der Waals surface area (Å²) in [5.41, 5.74) is 0.863. The Hall–Kier alpha value is -2.68. The van der Waals surface area contributed by atoms with Crippen molar-refractivity contribution in [3.05, 3.63) is 52.7 Å². The third kappa shape index (κ3) is 4.92. The van der Waals surface area contributed by atoms with E-state index in [1.165, 1.54) is 18.3 Å². The first kappa shape index (κ1) is 17.7. The van der Waals surface area contributed by atoms with Crippen molar-refractivity contribution >= 4 is 32.9 Å². The Kier molecular flexibility index (Phi) is 5.69. The van der Waals surface area contributed by atoms with Crippen LogP contribution in [0.25, 0.3) is 0 Å². The number of aromatic nitrogens is 1. The van der Waals surface area contributed by atoms with E-state index in [-0.39, 0.29) is 17.3 Å². The number of rotatable bonds is 8. The highest BCUT2D eigenvalue weighted by molar-refractivity contribution is 7.92. The molecule has 1 aromatic heterocycles. The van der Waals surface area contributed by atoms with E-state index in [4.69, 9.17) is 0 Å². The minimum Gasteiger partial charge on any atom is -0.334 e. The molecule has 2 N–H and O–H groups in total. The van der Waals surface area contributed by atoms with Gasteiger partial charge in [-0.15, -0.1) is 0 Å². The van der Waals surface area contributed by atoms with Gasteiger partial charge in [0.25, 0.3) is 0 Å². The van der Waals surface area contributed by atoms with Crippen molar-refractivity contribution in [1.29, 1.82) is 0 Å². The van der Waals surface area contributed by atoms with Crippen LogP contribution in [-0.4, -0.2) is 24.1 Å². The fourth-order valence-corrected chi connectivity index (χ4v) is 3.23. The standard InChI is InChI=1S/C15H18N4O4S/c1-2-3-11-24(22,23)18-13-8-6-12(7-9-13)17-15-14(19(20)21)5-4-10-16-15/h4-10,18H,2-3,11H2,1H3,(H,16,17). The van der Waals surface area contributed by atoms with Crippen LogP contribution in [0.5, 0.6) is 0 Å². The summed E-state index contributed by atoms with van der Waals surface area (Å²) in [5, 5.41) is 13.8. The monoisotopic (exact) mass is 350 g/mol. The van der Waals surface area contributed by atoms with E-state index in [1.54, 1.807) is 24.3 Å². The molecule has 2 rings (SSSR count). The molecule has 128 valence electrons. The molecule has 8 nitrogen and oxygen atoms in total. The summed E-state index contributed by atoms with van der Waals surface area (Å²) in [6.45, 7) is 1.92. The molecule has 0 amide bonds. The van der Waals surface area contributed by atoms with Gasteiger partial charge >= 0.3 is 5.69 Å². The molecule has 0 atom stereocenters. The lowest BCUT2D eigenvalue weighted by molar-refractivity contribution is -0.384. The zero-order chi connectivity index (χ0) is 17.6. The van der Waals surface area contributed by atoms with Crippen LogP contribution < -0.4 is 10.0 Å². The predicted molar refractivity (Wildman–Crippen MR) is 92.9 cm³/mol. The number of nitrogens with one attached hydrogen (secondary N) is 2. The number of hydrogen-bond donors (Lipinski definition) is 2. The van der Waals surface area contributed by atoms with Gasteiger partial charge in [0.05, 0.1) is 10.7 Å². The Morgan fingerprint density at radius 3 is 2.46 bits per heavy atom. The molecule has 0 saturated carbocycles. The number of benzene rings is 1. The van der Waals surface area contributed by atoms with Crippen LogP contribution >= 0.6 is 0 Å². The van der Waals surface area contributed by atoms with Crippen molar-refractivity contribution in [2.24, 2.45) is 0 Å². The maximum Gasteiger partial charge on any atom is 0.311 e. The summed E-state index contributed by atoms with van der Waals surface area (Å²) in [6, 6.07) is 9.25. The third-order valence-electron chi connectivity index (χ3n) is 3.17. The van der Waals surface area contributed by atoms with Crippen LogP contribution in [0.3, 0.4) is 0 Å².